The Morgan fingerprint density at radius 3 is 2.50 bits per heavy atom. The van der Waals surface area contributed by atoms with Crippen LogP contribution >= 0.6 is 11.6 Å². The van der Waals surface area contributed by atoms with Crippen LogP contribution in [0.5, 0.6) is 0 Å². The van der Waals surface area contributed by atoms with Crippen LogP contribution < -0.4 is 10.2 Å². The molecule has 1 amide bonds. The Hall–Kier alpha value is -3.12. The predicted octanol–water partition coefficient (Wildman–Crippen LogP) is 3.86. The summed E-state index contributed by atoms with van der Waals surface area (Å²) in [6.07, 6.45) is 0.280. The lowest BCUT2D eigenvalue weighted by Crippen LogP contribution is -2.43. The van der Waals surface area contributed by atoms with Gasteiger partial charge in [0.1, 0.15) is 11.9 Å². The largest absolute Gasteiger partial charge is 0.464 e. The molecule has 0 bridgehead atoms. The van der Waals surface area contributed by atoms with Crippen molar-refractivity contribution in [2.75, 3.05) is 25.6 Å². The summed E-state index contributed by atoms with van der Waals surface area (Å²) in [5.74, 6) is -0.0710. The van der Waals surface area contributed by atoms with E-state index in [2.05, 4.69) is 10.3 Å². The predicted molar refractivity (Wildman–Crippen MR) is 119 cm³/mol. The highest BCUT2D eigenvalue weighted by Gasteiger charge is 2.24. The van der Waals surface area contributed by atoms with Gasteiger partial charge in [0, 0.05) is 36.5 Å². The molecule has 1 atom stereocenters. The van der Waals surface area contributed by atoms with E-state index in [-0.39, 0.29) is 18.9 Å². The molecular weight excluding hydrogens is 402 g/mol. The van der Waals surface area contributed by atoms with Gasteiger partial charge in [-0.25, -0.2) is 9.78 Å². The van der Waals surface area contributed by atoms with Crippen LogP contribution in [0.2, 0.25) is 5.02 Å². The zero-order valence-electron chi connectivity index (χ0n) is 17.2. The number of pyridine rings is 1. The molecule has 156 valence electrons. The monoisotopic (exact) mass is 425 g/mol. The van der Waals surface area contributed by atoms with Crippen molar-refractivity contribution in [3.63, 3.8) is 0 Å². The smallest absolute Gasteiger partial charge is 0.328 e. The summed E-state index contributed by atoms with van der Waals surface area (Å²) >= 11 is 5.90. The minimum Gasteiger partial charge on any atom is -0.464 e. The van der Waals surface area contributed by atoms with Crippen LogP contribution in [0.3, 0.4) is 0 Å². The lowest BCUT2D eigenvalue weighted by atomic mass is 10.0. The van der Waals surface area contributed by atoms with E-state index in [0.717, 1.165) is 22.3 Å². The fraction of sp³-hybridized carbons (Fsp3) is 0.261. The van der Waals surface area contributed by atoms with Crippen molar-refractivity contribution in [3.05, 3.63) is 70.7 Å². The zero-order chi connectivity index (χ0) is 21.7. The lowest BCUT2D eigenvalue weighted by molar-refractivity contribution is -0.145. The normalized spacial score (nSPS) is 11.7. The van der Waals surface area contributed by atoms with Gasteiger partial charge >= 0.3 is 5.97 Å². The Morgan fingerprint density at radius 2 is 1.83 bits per heavy atom. The lowest BCUT2D eigenvalue weighted by Gasteiger charge is -2.20. The molecule has 0 aliphatic rings. The van der Waals surface area contributed by atoms with Gasteiger partial charge in [-0.05, 0) is 48.9 Å². The molecule has 3 rings (SSSR count). The molecular formula is C23H24ClN3O3. The average molecular weight is 426 g/mol. The number of hydrogen-bond donors (Lipinski definition) is 1. The highest BCUT2D eigenvalue weighted by molar-refractivity contribution is 6.30. The SMILES string of the molecule is CCOC(=O)C(Cc1cc(N(C)C)nc2ccccc12)NC(=O)c1ccc(Cl)cc1. The van der Waals surface area contributed by atoms with Gasteiger partial charge in [0.2, 0.25) is 0 Å². The van der Waals surface area contributed by atoms with E-state index in [9.17, 15) is 9.59 Å². The number of anilines is 1. The van der Waals surface area contributed by atoms with E-state index in [0.29, 0.717) is 10.6 Å². The number of carbonyl (C=O) groups excluding carboxylic acids is 2. The molecule has 1 N–H and O–H groups in total. The van der Waals surface area contributed by atoms with Crippen molar-refractivity contribution in [2.45, 2.75) is 19.4 Å². The number of hydrogen-bond acceptors (Lipinski definition) is 5. The Morgan fingerprint density at radius 1 is 1.13 bits per heavy atom. The average Bonchev–Trinajstić information content (AvgIpc) is 2.73. The van der Waals surface area contributed by atoms with Crippen LogP contribution in [0.4, 0.5) is 5.82 Å². The molecule has 0 radical (unpaired) electrons. The molecule has 0 saturated carbocycles. The number of benzene rings is 2. The van der Waals surface area contributed by atoms with Crippen molar-refractivity contribution in [1.82, 2.24) is 10.3 Å². The second-order valence-corrected chi connectivity index (χ2v) is 7.48. The maximum absolute atomic E-state index is 12.7. The number of nitrogens with one attached hydrogen (secondary N) is 1. The van der Waals surface area contributed by atoms with Crippen LogP contribution in [0.25, 0.3) is 10.9 Å². The second-order valence-electron chi connectivity index (χ2n) is 7.04. The van der Waals surface area contributed by atoms with E-state index in [1.165, 1.54) is 0 Å². The molecule has 7 heteroatoms. The van der Waals surface area contributed by atoms with Gasteiger partial charge in [-0.1, -0.05) is 29.8 Å². The number of esters is 1. The van der Waals surface area contributed by atoms with Crippen molar-refractivity contribution >= 4 is 40.2 Å². The van der Waals surface area contributed by atoms with Crippen LogP contribution in [0.15, 0.2) is 54.6 Å². The summed E-state index contributed by atoms with van der Waals surface area (Å²) in [4.78, 5) is 31.9. The number of nitrogens with zero attached hydrogens (tertiary/aromatic N) is 2. The Kier molecular flexibility index (Phi) is 6.90. The third kappa shape index (κ3) is 5.07. The molecule has 0 fully saturated rings. The molecule has 1 unspecified atom stereocenters. The molecule has 1 heterocycles. The van der Waals surface area contributed by atoms with Gasteiger partial charge in [0.25, 0.3) is 5.91 Å². The number of fused-ring (bicyclic) bond motifs is 1. The minimum absolute atomic E-state index is 0.228. The third-order valence-corrected chi connectivity index (χ3v) is 4.91. The number of amides is 1. The molecule has 0 aliphatic carbocycles. The number of halogens is 1. The first kappa shape index (κ1) is 21.6. The van der Waals surface area contributed by atoms with Gasteiger partial charge in [0.05, 0.1) is 12.1 Å². The van der Waals surface area contributed by atoms with Gasteiger partial charge in [0.15, 0.2) is 0 Å². The summed E-state index contributed by atoms with van der Waals surface area (Å²) in [6.45, 7) is 1.97. The Labute approximate surface area is 180 Å². The molecule has 3 aromatic rings. The van der Waals surface area contributed by atoms with Gasteiger partial charge in [-0.3, -0.25) is 4.79 Å². The highest BCUT2D eigenvalue weighted by atomic mass is 35.5. The first-order valence-corrected chi connectivity index (χ1v) is 10.1. The topological polar surface area (TPSA) is 71.5 Å². The Balaban J connectivity index is 1.94. The van der Waals surface area contributed by atoms with Crippen LogP contribution in [-0.2, 0) is 16.0 Å². The summed E-state index contributed by atoms with van der Waals surface area (Å²) in [5.41, 5.74) is 2.14. The third-order valence-electron chi connectivity index (χ3n) is 4.65. The van der Waals surface area contributed by atoms with Crippen molar-refractivity contribution in [1.29, 1.82) is 0 Å². The maximum Gasteiger partial charge on any atom is 0.328 e. The minimum atomic E-state index is -0.839. The summed E-state index contributed by atoms with van der Waals surface area (Å²) < 4.78 is 5.22. The summed E-state index contributed by atoms with van der Waals surface area (Å²) in [7, 11) is 3.82. The number of ether oxygens (including phenoxy) is 1. The fourth-order valence-electron chi connectivity index (χ4n) is 3.13. The first-order chi connectivity index (χ1) is 14.4. The van der Waals surface area contributed by atoms with Crippen molar-refractivity contribution in [2.24, 2.45) is 0 Å². The molecule has 0 saturated heterocycles. The quantitative estimate of drug-likeness (QED) is 0.582. The van der Waals surface area contributed by atoms with Gasteiger partial charge < -0.3 is 15.0 Å². The van der Waals surface area contributed by atoms with Crippen molar-refractivity contribution in [3.8, 4) is 0 Å². The number of carbonyl (C=O) groups is 2. The molecule has 0 spiro atoms. The number of para-hydroxylation sites is 1. The van der Waals surface area contributed by atoms with Gasteiger partial charge in [-0.15, -0.1) is 0 Å². The van der Waals surface area contributed by atoms with Gasteiger partial charge in [-0.2, -0.15) is 0 Å². The second kappa shape index (κ2) is 9.59. The molecule has 2 aromatic carbocycles. The van der Waals surface area contributed by atoms with Crippen LogP contribution in [0, 0.1) is 0 Å². The maximum atomic E-state index is 12.7. The summed E-state index contributed by atoms with van der Waals surface area (Å²) in [6, 6.07) is 15.3. The van der Waals surface area contributed by atoms with E-state index in [1.54, 1.807) is 31.2 Å². The van der Waals surface area contributed by atoms with Crippen LogP contribution in [0.1, 0.15) is 22.8 Å². The highest BCUT2D eigenvalue weighted by Crippen LogP contribution is 2.23. The van der Waals surface area contributed by atoms with Crippen molar-refractivity contribution < 1.29 is 14.3 Å². The van der Waals surface area contributed by atoms with E-state index in [1.807, 2.05) is 49.3 Å². The number of rotatable bonds is 7. The Bertz CT molecular complexity index is 1050. The van der Waals surface area contributed by atoms with E-state index >= 15 is 0 Å². The summed E-state index contributed by atoms with van der Waals surface area (Å²) in [5, 5.41) is 4.27. The first-order valence-electron chi connectivity index (χ1n) is 9.68. The van der Waals surface area contributed by atoms with E-state index < -0.39 is 12.0 Å². The molecule has 0 aliphatic heterocycles. The molecule has 6 nitrogen and oxygen atoms in total. The number of aromatic nitrogens is 1. The van der Waals surface area contributed by atoms with Crippen LogP contribution in [-0.4, -0.2) is 43.6 Å². The molecule has 1 aromatic heterocycles. The molecule has 30 heavy (non-hydrogen) atoms. The van der Waals surface area contributed by atoms with E-state index in [4.69, 9.17) is 16.3 Å². The fourth-order valence-corrected chi connectivity index (χ4v) is 3.25. The standard InChI is InChI=1S/C23H24ClN3O3/c1-4-30-23(29)20(26-22(28)15-9-11-17(24)12-10-15)13-16-14-21(27(2)3)25-19-8-6-5-7-18(16)19/h5-12,14,20H,4,13H2,1-3H3,(H,26,28). The zero-order valence-corrected chi connectivity index (χ0v) is 17.9.